The molecule has 1 aromatic heterocycles. The molecule has 1 atom stereocenters. The molecule has 1 unspecified atom stereocenters. The van der Waals surface area contributed by atoms with Crippen LogP contribution in [-0.2, 0) is 16.6 Å². The molecule has 0 aliphatic rings. The van der Waals surface area contributed by atoms with Crippen molar-refractivity contribution < 1.29 is 9.00 Å². The van der Waals surface area contributed by atoms with E-state index in [4.69, 9.17) is 0 Å². The quantitative estimate of drug-likeness (QED) is 0.767. The lowest BCUT2D eigenvalue weighted by molar-refractivity contribution is 0.0963. The van der Waals surface area contributed by atoms with Crippen LogP contribution >= 0.6 is 0 Å². The molecule has 0 aliphatic heterocycles. The van der Waals surface area contributed by atoms with Gasteiger partial charge >= 0.3 is 0 Å². The zero-order chi connectivity index (χ0) is 17.6. The lowest BCUT2D eigenvalue weighted by atomic mass is 9.99. The van der Waals surface area contributed by atoms with E-state index < -0.39 is 10.8 Å². The van der Waals surface area contributed by atoms with E-state index >= 15 is 0 Å². The lowest BCUT2D eigenvalue weighted by Crippen LogP contribution is -2.18. The summed E-state index contributed by atoms with van der Waals surface area (Å²) in [6, 6.07) is 18.7. The fraction of sp³-hybridized carbons (Fsp3) is 0.100. The number of pyridine rings is 1. The van der Waals surface area contributed by atoms with Crippen LogP contribution in [0.3, 0.4) is 0 Å². The monoisotopic (exact) mass is 350 g/mol. The largest absolute Gasteiger partial charge is 0.355 e. The Hall–Kier alpha value is -2.79. The Balaban J connectivity index is 1.99. The van der Waals surface area contributed by atoms with Crippen molar-refractivity contribution >= 4 is 16.7 Å². The van der Waals surface area contributed by atoms with E-state index in [1.807, 2.05) is 48.5 Å². The van der Waals surface area contributed by atoms with Gasteiger partial charge in [0.1, 0.15) is 0 Å². The third-order valence-corrected chi connectivity index (χ3v) is 5.21. The second kappa shape index (κ2) is 7.85. The maximum Gasteiger partial charge on any atom is 0.251 e. The van der Waals surface area contributed by atoms with E-state index in [1.165, 1.54) is 0 Å². The average molecular weight is 350 g/mol. The number of aromatic nitrogens is 1. The highest BCUT2D eigenvalue weighted by molar-refractivity contribution is 7.84. The summed E-state index contributed by atoms with van der Waals surface area (Å²) in [7, 11) is 0.389. The van der Waals surface area contributed by atoms with Gasteiger partial charge < -0.3 is 5.32 Å². The predicted molar refractivity (Wildman–Crippen MR) is 99.6 cm³/mol. The minimum atomic E-state index is -1.21. The summed E-state index contributed by atoms with van der Waals surface area (Å²) in [5.74, 6) is 0.227. The number of benzene rings is 2. The van der Waals surface area contributed by atoms with Gasteiger partial charge in [0.05, 0.1) is 16.6 Å². The average Bonchev–Trinajstić information content (AvgIpc) is 2.68. The second-order valence-electron chi connectivity index (χ2n) is 5.50. The number of nitrogens with zero attached hydrogens (tertiary/aromatic N) is 1. The van der Waals surface area contributed by atoms with Crippen LogP contribution in [0.5, 0.6) is 0 Å². The summed E-state index contributed by atoms with van der Waals surface area (Å²) in [4.78, 5) is 16.9. The SMILES string of the molecule is CNC(=O)c1ccc(S(=O)Cc2cccnc2)cc1-c1ccccc1. The molecule has 0 radical (unpaired) electrons. The molecule has 126 valence electrons. The number of rotatable bonds is 5. The van der Waals surface area contributed by atoms with Crippen LogP contribution in [0.2, 0.25) is 0 Å². The topological polar surface area (TPSA) is 59.1 Å². The zero-order valence-electron chi connectivity index (χ0n) is 13.8. The third kappa shape index (κ3) is 4.00. The molecule has 1 heterocycles. The minimum Gasteiger partial charge on any atom is -0.355 e. The van der Waals surface area contributed by atoms with E-state index in [1.54, 1.807) is 31.6 Å². The van der Waals surface area contributed by atoms with Gasteiger partial charge in [-0.1, -0.05) is 36.4 Å². The van der Waals surface area contributed by atoms with Crippen LogP contribution < -0.4 is 5.32 Å². The number of carbonyl (C=O) groups excluding carboxylic acids is 1. The Bertz CT molecular complexity index is 896. The predicted octanol–water partition coefficient (Wildman–Crippen LogP) is 3.42. The number of carbonyl (C=O) groups is 1. The van der Waals surface area contributed by atoms with Crippen molar-refractivity contribution in [3.8, 4) is 11.1 Å². The van der Waals surface area contributed by atoms with Crippen molar-refractivity contribution in [1.29, 1.82) is 0 Å². The number of hydrogen-bond donors (Lipinski definition) is 1. The summed E-state index contributed by atoms with van der Waals surface area (Å²) in [6.45, 7) is 0. The molecule has 0 spiro atoms. The molecule has 4 nitrogen and oxygen atoms in total. The molecule has 0 saturated heterocycles. The molecule has 25 heavy (non-hydrogen) atoms. The molecular weight excluding hydrogens is 332 g/mol. The van der Waals surface area contributed by atoms with Crippen LogP contribution in [0.1, 0.15) is 15.9 Å². The Morgan fingerprint density at radius 1 is 1.08 bits per heavy atom. The molecule has 0 saturated carbocycles. The van der Waals surface area contributed by atoms with Crippen LogP contribution in [0.25, 0.3) is 11.1 Å². The van der Waals surface area contributed by atoms with Gasteiger partial charge in [-0.15, -0.1) is 0 Å². The maximum atomic E-state index is 12.7. The first-order chi connectivity index (χ1) is 12.2. The summed E-state index contributed by atoms with van der Waals surface area (Å²) in [6.07, 6.45) is 3.41. The van der Waals surface area contributed by atoms with Crippen molar-refractivity contribution in [1.82, 2.24) is 10.3 Å². The summed E-state index contributed by atoms with van der Waals surface area (Å²) >= 11 is 0. The van der Waals surface area contributed by atoms with Gasteiger partial charge in [-0.3, -0.25) is 14.0 Å². The Morgan fingerprint density at radius 2 is 1.88 bits per heavy atom. The molecule has 0 fully saturated rings. The number of hydrogen-bond acceptors (Lipinski definition) is 3. The fourth-order valence-electron chi connectivity index (χ4n) is 2.57. The van der Waals surface area contributed by atoms with Gasteiger partial charge in [-0.05, 0) is 41.0 Å². The van der Waals surface area contributed by atoms with Crippen LogP contribution in [0.4, 0.5) is 0 Å². The summed E-state index contributed by atoms with van der Waals surface area (Å²) in [5, 5.41) is 2.66. The van der Waals surface area contributed by atoms with E-state index in [-0.39, 0.29) is 5.91 Å². The number of amides is 1. The first-order valence-corrected chi connectivity index (χ1v) is 9.20. The highest BCUT2D eigenvalue weighted by Gasteiger charge is 2.15. The maximum absolute atomic E-state index is 12.7. The first-order valence-electron chi connectivity index (χ1n) is 7.88. The van der Waals surface area contributed by atoms with Crippen molar-refractivity contribution in [2.45, 2.75) is 10.6 Å². The molecule has 2 aromatic carbocycles. The smallest absolute Gasteiger partial charge is 0.251 e. The standard InChI is InChI=1S/C20H18N2O2S/c1-21-20(23)18-10-9-17(12-19(18)16-7-3-2-4-8-16)25(24)14-15-6-5-11-22-13-15/h2-13H,14H2,1H3,(H,21,23). The van der Waals surface area contributed by atoms with Gasteiger partial charge in [-0.2, -0.15) is 0 Å². The summed E-state index contributed by atoms with van der Waals surface area (Å²) in [5.41, 5.74) is 3.17. The zero-order valence-corrected chi connectivity index (χ0v) is 14.6. The Labute approximate surface area is 149 Å². The molecular formula is C20H18N2O2S. The summed E-state index contributed by atoms with van der Waals surface area (Å²) < 4.78 is 12.7. The van der Waals surface area contributed by atoms with E-state index in [0.717, 1.165) is 16.7 Å². The second-order valence-corrected chi connectivity index (χ2v) is 6.95. The van der Waals surface area contributed by atoms with E-state index in [9.17, 15) is 9.00 Å². The van der Waals surface area contributed by atoms with Crippen molar-refractivity contribution in [3.63, 3.8) is 0 Å². The molecule has 3 aromatic rings. The molecule has 1 amide bonds. The molecule has 0 aliphatic carbocycles. The molecule has 5 heteroatoms. The van der Waals surface area contributed by atoms with Gasteiger partial charge in [-0.25, -0.2) is 0 Å². The van der Waals surface area contributed by atoms with Crippen molar-refractivity contribution in [2.24, 2.45) is 0 Å². The Morgan fingerprint density at radius 3 is 2.56 bits per heavy atom. The normalized spacial score (nSPS) is 11.7. The lowest BCUT2D eigenvalue weighted by Gasteiger charge is -2.11. The fourth-order valence-corrected chi connectivity index (χ4v) is 3.68. The van der Waals surface area contributed by atoms with Gasteiger partial charge in [0.15, 0.2) is 0 Å². The highest BCUT2D eigenvalue weighted by Crippen LogP contribution is 2.27. The first kappa shape index (κ1) is 17.0. The van der Waals surface area contributed by atoms with Crippen LogP contribution in [-0.4, -0.2) is 22.1 Å². The molecule has 3 rings (SSSR count). The minimum absolute atomic E-state index is 0.163. The molecule has 0 bridgehead atoms. The van der Waals surface area contributed by atoms with Crippen LogP contribution in [0.15, 0.2) is 78.0 Å². The number of nitrogens with one attached hydrogen (secondary N) is 1. The van der Waals surface area contributed by atoms with Gasteiger partial charge in [0.2, 0.25) is 0 Å². The molecule has 1 N–H and O–H groups in total. The van der Waals surface area contributed by atoms with E-state index in [2.05, 4.69) is 10.3 Å². The Kier molecular flexibility index (Phi) is 5.36. The highest BCUT2D eigenvalue weighted by atomic mass is 32.2. The van der Waals surface area contributed by atoms with Crippen molar-refractivity contribution in [2.75, 3.05) is 7.05 Å². The third-order valence-electron chi connectivity index (χ3n) is 3.83. The van der Waals surface area contributed by atoms with E-state index in [0.29, 0.717) is 16.2 Å². The van der Waals surface area contributed by atoms with Crippen molar-refractivity contribution in [3.05, 3.63) is 84.2 Å². The van der Waals surface area contributed by atoms with Gasteiger partial charge in [0, 0.05) is 29.9 Å². The van der Waals surface area contributed by atoms with Gasteiger partial charge in [0.25, 0.3) is 5.91 Å². The van der Waals surface area contributed by atoms with Crippen LogP contribution in [0, 0.1) is 0 Å².